The van der Waals surface area contributed by atoms with Crippen LogP contribution in [0.4, 0.5) is 0 Å². The van der Waals surface area contributed by atoms with E-state index in [0.29, 0.717) is 17.6 Å². The van der Waals surface area contributed by atoms with Gasteiger partial charge in [0.1, 0.15) is 17.0 Å². The van der Waals surface area contributed by atoms with E-state index in [4.69, 9.17) is 0 Å². The highest BCUT2D eigenvalue weighted by atomic mass is 32.1. The second-order valence-electron chi connectivity index (χ2n) is 6.24. The second-order valence-corrected chi connectivity index (χ2v) is 7.27. The van der Waals surface area contributed by atoms with Gasteiger partial charge in [-0.15, -0.1) is 11.3 Å². The average Bonchev–Trinajstić information content (AvgIpc) is 3.24. The Labute approximate surface area is 164 Å². The Hall–Kier alpha value is -3.45. The van der Waals surface area contributed by atoms with Crippen molar-refractivity contribution in [2.45, 2.75) is 13.1 Å². The van der Waals surface area contributed by atoms with Crippen LogP contribution >= 0.6 is 11.3 Å². The molecule has 6 nitrogen and oxygen atoms in total. The van der Waals surface area contributed by atoms with Crippen LogP contribution in [-0.2, 0) is 13.1 Å². The Morgan fingerprint density at radius 1 is 1.11 bits per heavy atom. The Morgan fingerprint density at radius 2 is 1.93 bits per heavy atom. The van der Waals surface area contributed by atoms with Gasteiger partial charge >= 0.3 is 0 Å². The molecule has 0 radical (unpaired) electrons. The SMILES string of the molecule is O=C(NCc1cccs1)c1c(O)c2cccnc2n(Cc2ccccc2)c1=O. The van der Waals surface area contributed by atoms with Crippen molar-refractivity contribution < 1.29 is 9.90 Å². The van der Waals surface area contributed by atoms with Gasteiger partial charge in [-0.3, -0.25) is 14.2 Å². The molecule has 0 aliphatic carbocycles. The minimum atomic E-state index is -0.608. The molecule has 4 aromatic rings. The van der Waals surface area contributed by atoms with Crippen molar-refractivity contribution in [1.29, 1.82) is 0 Å². The number of pyridine rings is 2. The topological polar surface area (TPSA) is 84.2 Å². The van der Waals surface area contributed by atoms with Crippen molar-refractivity contribution in [2.24, 2.45) is 0 Å². The maximum Gasteiger partial charge on any atom is 0.269 e. The number of hydrogen-bond donors (Lipinski definition) is 2. The van der Waals surface area contributed by atoms with Gasteiger partial charge in [0.15, 0.2) is 0 Å². The zero-order valence-corrected chi connectivity index (χ0v) is 15.6. The molecule has 0 aliphatic rings. The van der Waals surface area contributed by atoms with Gasteiger partial charge in [-0.25, -0.2) is 4.98 Å². The summed E-state index contributed by atoms with van der Waals surface area (Å²) in [5.74, 6) is -0.954. The summed E-state index contributed by atoms with van der Waals surface area (Å²) in [6, 6.07) is 16.5. The lowest BCUT2D eigenvalue weighted by molar-refractivity contribution is 0.0946. The molecule has 28 heavy (non-hydrogen) atoms. The maximum atomic E-state index is 13.1. The van der Waals surface area contributed by atoms with E-state index in [1.807, 2.05) is 47.8 Å². The minimum Gasteiger partial charge on any atom is -0.506 e. The van der Waals surface area contributed by atoms with Crippen LogP contribution in [0, 0.1) is 0 Å². The summed E-state index contributed by atoms with van der Waals surface area (Å²) in [4.78, 5) is 31.1. The van der Waals surface area contributed by atoms with Crippen molar-refractivity contribution in [3.8, 4) is 5.75 Å². The van der Waals surface area contributed by atoms with Gasteiger partial charge in [0, 0.05) is 11.1 Å². The van der Waals surface area contributed by atoms with Crippen molar-refractivity contribution in [1.82, 2.24) is 14.9 Å². The number of thiophene rings is 1. The number of nitrogens with zero attached hydrogens (tertiary/aromatic N) is 2. The summed E-state index contributed by atoms with van der Waals surface area (Å²) in [7, 11) is 0. The first kappa shape index (κ1) is 17.9. The Bertz CT molecular complexity index is 1180. The maximum absolute atomic E-state index is 13.1. The van der Waals surface area contributed by atoms with E-state index in [1.165, 1.54) is 15.9 Å². The van der Waals surface area contributed by atoms with Crippen LogP contribution in [0.5, 0.6) is 5.75 Å². The predicted molar refractivity (Wildman–Crippen MR) is 109 cm³/mol. The van der Waals surface area contributed by atoms with E-state index in [-0.39, 0.29) is 17.9 Å². The zero-order chi connectivity index (χ0) is 19.5. The van der Waals surface area contributed by atoms with E-state index >= 15 is 0 Å². The molecule has 3 heterocycles. The highest BCUT2D eigenvalue weighted by Gasteiger charge is 2.22. The molecule has 0 atom stereocenters. The lowest BCUT2D eigenvalue weighted by Gasteiger charge is -2.14. The molecule has 0 spiro atoms. The zero-order valence-electron chi connectivity index (χ0n) is 14.8. The summed E-state index contributed by atoms with van der Waals surface area (Å²) in [5, 5.41) is 15.6. The first-order chi connectivity index (χ1) is 13.6. The first-order valence-electron chi connectivity index (χ1n) is 8.70. The normalized spacial score (nSPS) is 10.9. The number of aromatic nitrogens is 2. The fourth-order valence-electron chi connectivity index (χ4n) is 3.05. The van der Waals surface area contributed by atoms with Crippen LogP contribution in [0.15, 0.2) is 71.0 Å². The monoisotopic (exact) mass is 391 g/mol. The molecule has 0 aliphatic heterocycles. The third-order valence-corrected chi connectivity index (χ3v) is 5.28. The third-order valence-electron chi connectivity index (χ3n) is 4.41. The molecular weight excluding hydrogens is 374 g/mol. The van der Waals surface area contributed by atoms with E-state index in [1.54, 1.807) is 18.3 Å². The van der Waals surface area contributed by atoms with E-state index < -0.39 is 11.5 Å². The number of benzene rings is 1. The molecule has 4 rings (SSSR count). The number of carbonyl (C=O) groups is 1. The fourth-order valence-corrected chi connectivity index (χ4v) is 3.69. The number of carbonyl (C=O) groups excluding carboxylic acids is 1. The Balaban J connectivity index is 1.80. The summed E-state index contributed by atoms with van der Waals surface area (Å²) >= 11 is 1.51. The molecule has 0 saturated heterocycles. The molecule has 1 amide bonds. The number of rotatable bonds is 5. The standard InChI is InChI=1S/C21H17N3O3S/c25-18-16-9-4-10-22-19(16)24(13-14-6-2-1-3-7-14)21(27)17(18)20(26)23-12-15-8-5-11-28-15/h1-11,25H,12-13H2,(H,23,26). The fraction of sp³-hybridized carbons (Fsp3) is 0.0952. The lowest BCUT2D eigenvalue weighted by Crippen LogP contribution is -2.33. The molecule has 0 saturated carbocycles. The van der Waals surface area contributed by atoms with Crippen LogP contribution in [0.3, 0.4) is 0 Å². The van der Waals surface area contributed by atoms with Crippen LogP contribution < -0.4 is 10.9 Å². The predicted octanol–water partition coefficient (Wildman–Crippen LogP) is 3.14. The number of fused-ring (bicyclic) bond motifs is 1. The molecular formula is C21H17N3O3S. The van der Waals surface area contributed by atoms with Gasteiger partial charge in [0.05, 0.1) is 18.5 Å². The summed E-state index contributed by atoms with van der Waals surface area (Å²) in [5.41, 5.74) is 0.389. The van der Waals surface area contributed by atoms with Gasteiger partial charge in [-0.2, -0.15) is 0 Å². The average molecular weight is 391 g/mol. The molecule has 3 aromatic heterocycles. The van der Waals surface area contributed by atoms with E-state index in [2.05, 4.69) is 10.3 Å². The van der Waals surface area contributed by atoms with Gasteiger partial charge in [0.25, 0.3) is 11.5 Å². The largest absolute Gasteiger partial charge is 0.506 e. The van der Waals surface area contributed by atoms with Gasteiger partial charge < -0.3 is 10.4 Å². The van der Waals surface area contributed by atoms with Crippen LogP contribution in [0.25, 0.3) is 11.0 Å². The summed E-state index contributed by atoms with van der Waals surface area (Å²) in [6.07, 6.45) is 1.55. The molecule has 1 aromatic carbocycles. The molecule has 0 unspecified atom stereocenters. The number of nitrogens with one attached hydrogen (secondary N) is 1. The summed E-state index contributed by atoms with van der Waals surface area (Å²) in [6.45, 7) is 0.539. The minimum absolute atomic E-state index is 0.249. The Kier molecular flexibility index (Phi) is 4.90. The number of amides is 1. The van der Waals surface area contributed by atoms with Crippen molar-refractivity contribution in [2.75, 3.05) is 0 Å². The van der Waals surface area contributed by atoms with Crippen LogP contribution in [0.1, 0.15) is 20.8 Å². The smallest absolute Gasteiger partial charge is 0.269 e. The van der Waals surface area contributed by atoms with Crippen molar-refractivity contribution >= 4 is 28.3 Å². The van der Waals surface area contributed by atoms with Gasteiger partial charge in [0.2, 0.25) is 0 Å². The molecule has 0 bridgehead atoms. The van der Waals surface area contributed by atoms with Gasteiger partial charge in [-0.05, 0) is 29.1 Å². The Morgan fingerprint density at radius 3 is 2.68 bits per heavy atom. The molecule has 0 fully saturated rings. The van der Waals surface area contributed by atoms with Crippen molar-refractivity contribution in [3.63, 3.8) is 0 Å². The van der Waals surface area contributed by atoms with Crippen LogP contribution in [0.2, 0.25) is 0 Å². The second kappa shape index (κ2) is 7.66. The quantitative estimate of drug-likeness (QED) is 0.547. The molecule has 140 valence electrons. The third kappa shape index (κ3) is 3.39. The molecule has 2 N–H and O–H groups in total. The van der Waals surface area contributed by atoms with E-state index in [0.717, 1.165) is 10.4 Å². The summed E-state index contributed by atoms with van der Waals surface area (Å²) < 4.78 is 1.42. The highest BCUT2D eigenvalue weighted by molar-refractivity contribution is 7.09. The number of aromatic hydroxyl groups is 1. The van der Waals surface area contributed by atoms with Gasteiger partial charge in [-0.1, -0.05) is 36.4 Å². The van der Waals surface area contributed by atoms with Crippen molar-refractivity contribution in [3.05, 3.63) is 92.5 Å². The van der Waals surface area contributed by atoms with Crippen LogP contribution in [-0.4, -0.2) is 20.6 Å². The first-order valence-corrected chi connectivity index (χ1v) is 9.58. The number of hydrogen-bond acceptors (Lipinski definition) is 5. The molecule has 7 heteroatoms. The lowest BCUT2D eigenvalue weighted by atomic mass is 10.1. The highest BCUT2D eigenvalue weighted by Crippen LogP contribution is 2.25. The van der Waals surface area contributed by atoms with E-state index in [9.17, 15) is 14.7 Å².